The standard InChI is InChI=1S/C18H17FN4O4/c1-2-27-14(24)9-21-10-20-16-15(21)17(25)23(13-7-8-13)18(26)22(16)12-5-3-11(19)4-6-12/h3-6,10,13H,2,7-9H2,1H3. The maximum atomic E-state index is 13.3. The first kappa shape index (κ1) is 17.2. The molecule has 0 saturated heterocycles. The van der Waals surface area contributed by atoms with E-state index in [2.05, 4.69) is 4.98 Å². The SMILES string of the molecule is CCOC(=O)Cn1cnc2c1c(=O)n(C1CC1)c(=O)n2-c1ccc(F)cc1. The number of aromatic nitrogens is 4. The summed E-state index contributed by atoms with van der Waals surface area (Å²) in [5.41, 5.74) is -0.362. The number of nitrogens with zero attached hydrogens (tertiary/aromatic N) is 4. The minimum Gasteiger partial charge on any atom is -0.465 e. The fourth-order valence-electron chi connectivity index (χ4n) is 3.10. The first-order valence-electron chi connectivity index (χ1n) is 8.65. The lowest BCUT2D eigenvalue weighted by Gasteiger charge is -2.12. The highest BCUT2D eigenvalue weighted by Crippen LogP contribution is 2.32. The number of esters is 1. The van der Waals surface area contributed by atoms with Crippen LogP contribution in [0.5, 0.6) is 0 Å². The Hall–Kier alpha value is -3.23. The molecule has 0 radical (unpaired) electrons. The summed E-state index contributed by atoms with van der Waals surface area (Å²) in [4.78, 5) is 42.0. The Morgan fingerprint density at radius 2 is 1.96 bits per heavy atom. The predicted molar refractivity (Wildman–Crippen MR) is 94.5 cm³/mol. The van der Waals surface area contributed by atoms with E-state index in [1.807, 2.05) is 0 Å². The number of hydrogen-bond acceptors (Lipinski definition) is 5. The molecule has 0 amide bonds. The molecule has 1 aliphatic carbocycles. The molecule has 1 saturated carbocycles. The van der Waals surface area contributed by atoms with Gasteiger partial charge in [0.25, 0.3) is 5.56 Å². The molecule has 0 atom stereocenters. The van der Waals surface area contributed by atoms with Crippen molar-refractivity contribution >= 4 is 17.1 Å². The molecule has 0 N–H and O–H groups in total. The number of halogens is 1. The van der Waals surface area contributed by atoms with Gasteiger partial charge in [0.2, 0.25) is 0 Å². The number of carbonyl (C=O) groups is 1. The first-order chi connectivity index (χ1) is 13.0. The van der Waals surface area contributed by atoms with Crippen LogP contribution in [0.25, 0.3) is 16.9 Å². The molecule has 2 aromatic heterocycles. The molecule has 3 aromatic rings. The third-order valence-electron chi connectivity index (χ3n) is 4.45. The minimum atomic E-state index is -0.525. The van der Waals surface area contributed by atoms with Gasteiger partial charge >= 0.3 is 11.7 Å². The van der Waals surface area contributed by atoms with E-state index >= 15 is 0 Å². The van der Waals surface area contributed by atoms with Crippen LogP contribution in [0.1, 0.15) is 25.8 Å². The van der Waals surface area contributed by atoms with Gasteiger partial charge in [-0.15, -0.1) is 0 Å². The van der Waals surface area contributed by atoms with Gasteiger partial charge in [-0.25, -0.2) is 18.7 Å². The molecule has 9 heteroatoms. The quantitative estimate of drug-likeness (QED) is 0.632. The largest absolute Gasteiger partial charge is 0.465 e. The highest BCUT2D eigenvalue weighted by atomic mass is 19.1. The van der Waals surface area contributed by atoms with Crippen LogP contribution in [-0.2, 0) is 16.1 Å². The van der Waals surface area contributed by atoms with E-state index in [9.17, 15) is 18.8 Å². The molecule has 1 aromatic carbocycles. The van der Waals surface area contributed by atoms with E-state index in [-0.39, 0.29) is 30.4 Å². The number of benzene rings is 1. The fraction of sp³-hybridized carbons (Fsp3) is 0.333. The lowest BCUT2D eigenvalue weighted by atomic mass is 10.3. The van der Waals surface area contributed by atoms with Crippen LogP contribution in [0.4, 0.5) is 4.39 Å². The second kappa shape index (κ2) is 6.49. The summed E-state index contributed by atoms with van der Waals surface area (Å²) in [6.45, 7) is 1.72. The van der Waals surface area contributed by atoms with Gasteiger partial charge in [-0.2, -0.15) is 0 Å². The number of rotatable bonds is 5. The Bertz CT molecular complexity index is 1140. The smallest absolute Gasteiger partial charge is 0.337 e. The molecule has 0 unspecified atom stereocenters. The predicted octanol–water partition coefficient (Wildman–Crippen LogP) is 1.39. The van der Waals surface area contributed by atoms with Crippen molar-refractivity contribution in [1.29, 1.82) is 0 Å². The molecule has 4 rings (SSSR count). The summed E-state index contributed by atoms with van der Waals surface area (Å²) in [5, 5.41) is 0. The highest BCUT2D eigenvalue weighted by Gasteiger charge is 2.30. The zero-order valence-corrected chi connectivity index (χ0v) is 14.6. The summed E-state index contributed by atoms with van der Waals surface area (Å²) in [5.74, 6) is -0.944. The van der Waals surface area contributed by atoms with Crippen molar-refractivity contribution in [3.8, 4) is 5.69 Å². The molecule has 1 aliphatic rings. The van der Waals surface area contributed by atoms with Gasteiger partial charge in [-0.3, -0.25) is 14.2 Å². The zero-order valence-electron chi connectivity index (χ0n) is 14.6. The van der Waals surface area contributed by atoms with Crippen LogP contribution in [0, 0.1) is 5.82 Å². The third-order valence-corrected chi connectivity index (χ3v) is 4.45. The van der Waals surface area contributed by atoms with Crippen molar-refractivity contribution in [2.45, 2.75) is 32.4 Å². The van der Waals surface area contributed by atoms with E-state index in [1.54, 1.807) is 6.92 Å². The van der Waals surface area contributed by atoms with Gasteiger partial charge in [-0.1, -0.05) is 0 Å². The number of imidazole rings is 1. The van der Waals surface area contributed by atoms with Crippen LogP contribution >= 0.6 is 0 Å². The maximum absolute atomic E-state index is 13.3. The number of carbonyl (C=O) groups excluding carboxylic acids is 1. The Balaban J connectivity index is 1.98. The molecule has 140 valence electrons. The molecule has 1 fully saturated rings. The second-order valence-corrected chi connectivity index (χ2v) is 6.35. The normalized spacial score (nSPS) is 13.9. The summed E-state index contributed by atoms with van der Waals surface area (Å²) in [7, 11) is 0. The Morgan fingerprint density at radius 3 is 2.59 bits per heavy atom. The van der Waals surface area contributed by atoms with Gasteiger partial charge < -0.3 is 9.30 Å². The summed E-state index contributed by atoms with van der Waals surface area (Å²) >= 11 is 0. The van der Waals surface area contributed by atoms with Gasteiger partial charge in [0.15, 0.2) is 11.2 Å². The summed E-state index contributed by atoms with van der Waals surface area (Å²) in [6.07, 6.45) is 2.80. The van der Waals surface area contributed by atoms with E-state index in [0.717, 1.165) is 12.8 Å². The van der Waals surface area contributed by atoms with E-state index < -0.39 is 23.0 Å². The Morgan fingerprint density at radius 1 is 1.26 bits per heavy atom. The maximum Gasteiger partial charge on any atom is 0.337 e. The third kappa shape index (κ3) is 2.94. The molecular weight excluding hydrogens is 355 g/mol. The fourth-order valence-corrected chi connectivity index (χ4v) is 3.10. The van der Waals surface area contributed by atoms with Gasteiger partial charge in [0.05, 0.1) is 18.6 Å². The van der Waals surface area contributed by atoms with E-state index in [4.69, 9.17) is 4.74 Å². The summed E-state index contributed by atoms with van der Waals surface area (Å²) in [6, 6.07) is 5.18. The molecule has 27 heavy (non-hydrogen) atoms. The molecule has 2 heterocycles. The van der Waals surface area contributed by atoms with Crippen LogP contribution < -0.4 is 11.2 Å². The van der Waals surface area contributed by atoms with Crippen molar-refractivity contribution in [3.05, 3.63) is 57.2 Å². The highest BCUT2D eigenvalue weighted by molar-refractivity contribution is 5.76. The van der Waals surface area contributed by atoms with E-state index in [1.165, 1.54) is 44.3 Å². The van der Waals surface area contributed by atoms with Crippen LogP contribution in [0.15, 0.2) is 40.2 Å². The van der Waals surface area contributed by atoms with Crippen molar-refractivity contribution in [1.82, 2.24) is 18.7 Å². The average molecular weight is 372 g/mol. The second-order valence-electron chi connectivity index (χ2n) is 6.35. The van der Waals surface area contributed by atoms with Crippen molar-refractivity contribution in [3.63, 3.8) is 0 Å². The van der Waals surface area contributed by atoms with Gasteiger partial charge in [0.1, 0.15) is 12.4 Å². The van der Waals surface area contributed by atoms with Crippen LogP contribution in [0.3, 0.4) is 0 Å². The van der Waals surface area contributed by atoms with Crippen molar-refractivity contribution in [2.24, 2.45) is 0 Å². The molecular formula is C18H17FN4O4. The Kier molecular flexibility index (Phi) is 4.14. The summed E-state index contributed by atoms with van der Waals surface area (Å²) < 4.78 is 22.1. The molecule has 0 bridgehead atoms. The molecule has 0 aliphatic heterocycles. The van der Waals surface area contributed by atoms with Crippen LogP contribution in [0.2, 0.25) is 0 Å². The first-order valence-corrected chi connectivity index (χ1v) is 8.65. The average Bonchev–Trinajstić information content (AvgIpc) is 3.37. The van der Waals surface area contributed by atoms with E-state index in [0.29, 0.717) is 5.69 Å². The number of fused-ring (bicyclic) bond motifs is 1. The number of ether oxygens (including phenoxy) is 1. The number of hydrogen-bond donors (Lipinski definition) is 0. The van der Waals surface area contributed by atoms with Gasteiger partial charge in [-0.05, 0) is 44.0 Å². The topological polar surface area (TPSA) is 88.1 Å². The van der Waals surface area contributed by atoms with Crippen LogP contribution in [-0.4, -0.2) is 31.3 Å². The lowest BCUT2D eigenvalue weighted by Crippen LogP contribution is -2.39. The molecule has 0 spiro atoms. The van der Waals surface area contributed by atoms with Crippen molar-refractivity contribution < 1.29 is 13.9 Å². The molecule has 8 nitrogen and oxygen atoms in total. The zero-order chi connectivity index (χ0) is 19.1. The Labute approximate surface area is 152 Å². The van der Waals surface area contributed by atoms with Gasteiger partial charge in [0, 0.05) is 6.04 Å². The van der Waals surface area contributed by atoms with Crippen molar-refractivity contribution in [2.75, 3.05) is 6.61 Å². The minimum absolute atomic E-state index is 0.123. The lowest BCUT2D eigenvalue weighted by molar-refractivity contribution is -0.143. The monoisotopic (exact) mass is 372 g/mol.